The van der Waals surface area contributed by atoms with Gasteiger partial charge >= 0.3 is 0 Å². The van der Waals surface area contributed by atoms with Crippen LogP contribution in [0.2, 0.25) is 0 Å². The van der Waals surface area contributed by atoms with E-state index < -0.39 is 0 Å². The molecular formula is C22H20FN3O. The predicted molar refractivity (Wildman–Crippen MR) is 104 cm³/mol. The highest BCUT2D eigenvalue weighted by molar-refractivity contribution is 6.04. The minimum Gasteiger partial charge on any atom is -0.344 e. The van der Waals surface area contributed by atoms with E-state index in [-0.39, 0.29) is 17.3 Å². The molecular weight excluding hydrogens is 341 g/mol. The zero-order valence-electron chi connectivity index (χ0n) is 15.5. The van der Waals surface area contributed by atoms with Crippen molar-refractivity contribution >= 4 is 22.9 Å². The minimum atomic E-state index is -0.345. The lowest BCUT2D eigenvalue weighted by atomic mass is 10.1. The zero-order chi connectivity index (χ0) is 19.6. The lowest BCUT2D eigenvalue weighted by Gasteiger charge is -2.10. The van der Waals surface area contributed by atoms with Crippen LogP contribution in [0.4, 0.5) is 4.39 Å². The molecule has 3 rings (SSSR count). The third-order valence-corrected chi connectivity index (χ3v) is 4.61. The largest absolute Gasteiger partial charge is 0.344 e. The maximum absolute atomic E-state index is 14.2. The second-order valence-corrected chi connectivity index (χ2v) is 6.56. The van der Waals surface area contributed by atoms with Gasteiger partial charge in [-0.05, 0) is 25.1 Å². The number of amides is 1. The predicted octanol–water partition coefficient (Wildman–Crippen LogP) is 4.13. The number of carbonyl (C=O) groups is 1. The molecule has 0 N–H and O–H groups in total. The van der Waals surface area contributed by atoms with E-state index in [1.807, 2.05) is 47.9 Å². The SMILES string of the molecule is Cc1c(/C=C(/C#N)C(=O)N(C)C)c2ccccc2n1Cc1ccccc1F. The molecule has 3 aromatic rings. The molecule has 2 aromatic carbocycles. The van der Waals surface area contributed by atoms with Crippen LogP contribution >= 0.6 is 0 Å². The number of fused-ring (bicyclic) bond motifs is 1. The molecule has 0 aliphatic heterocycles. The first kappa shape index (κ1) is 18.4. The molecule has 5 heteroatoms. The molecule has 1 aromatic heterocycles. The summed E-state index contributed by atoms with van der Waals surface area (Å²) in [5, 5.41) is 10.3. The van der Waals surface area contributed by atoms with Crippen molar-refractivity contribution in [3.8, 4) is 6.07 Å². The van der Waals surface area contributed by atoms with Crippen LogP contribution in [-0.2, 0) is 11.3 Å². The smallest absolute Gasteiger partial charge is 0.264 e. The van der Waals surface area contributed by atoms with Crippen LogP contribution in [0.15, 0.2) is 54.1 Å². The van der Waals surface area contributed by atoms with E-state index in [1.165, 1.54) is 11.0 Å². The summed E-state index contributed by atoms with van der Waals surface area (Å²) in [5.74, 6) is -0.602. The number of likely N-dealkylation sites (N-methyl/N-ethyl adjacent to an activating group) is 1. The number of aromatic nitrogens is 1. The molecule has 27 heavy (non-hydrogen) atoms. The van der Waals surface area contributed by atoms with Crippen molar-refractivity contribution in [2.45, 2.75) is 13.5 Å². The Hall–Kier alpha value is -3.39. The number of hydrogen-bond acceptors (Lipinski definition) is 2. The van der Waals surface area contributed by atoms with E-state index in [4.69, 9.17) is 0 Å². The van der Waals surface area contributed by atoms with E-state index in [2.05, 4.69) is 0 Å². The van der Waals surface area contributed by atoms with Gasteiger partial charge in [0.25, 0.3) is 5.91 Å². The Morgan fingerprint density at radius 1 is 1.19 bits per heavy atom. The molecule has 0 atom stereocenters. The number of carbonyl (C=O) groups excluding carboxylic acids is 1. The molecule has 0 aliphatic rings. The number of rotatable bonds is 4. The molecule has 136 valence electrons. The van der Waals surface area contributed by atoms with Gasteiger partial charge in [-0.15, -0.1) is 0 Å². The van der Waals surface area contributed by atoms with Gasteiger partial charge in [0.15, 0.2) is 0 Å². The Balaban J connectivity index is 2.19. The molecule has 0 spiro atoms. The topological polar surface area (TPSA) is 49.0 Å². The first-order valence-corrected chi connectivity index (χ1v) is 8.58. The Morgan fingerprint density at radius 2 is 1.85 bits per heavy atom. The quantitative estimate of drug-likeness (QED) is 0.518. The van der Waals surface area contributed by atoms with Crippen LogP contribution in [0, 0.1) is 24.1 Å². The zero-order valence-corrected chi connectivity index (χ0v) is 15.5. The molecule has 0 saturated carbocycles. The fourth-order valence-electron chi connectivity index (χ4n) is 3.17. The van der Waals surface area contributed by atoms with Gasteiger partial charge in [-0.1, -0.05) is 36.4 Å². The fraction of sp³-hybridized carbons (Fsp3) is 0.182. The Morgan fingerprint density at radius 3 is 2.52 bits per heavy atom. The van der Waals surface area contributed by atoms with Gasteiger partial charge in [0, 0.05) is 41.8 Å². The van der Waals surface area contributed by atoms with Gasteiger partial charge in [0.05, 0.1) is 6.54 Å². The van der Waals surface area contributed by atoms with Crippen LogP contribution in [0.3, 0.4) is 0 Å². The molecule has 0 bridgehead atoms. The first-order valence-electron chi connectivity index (χ1n) is 8.58. The van der Waals surface area contributed by atoms with Crippen molar-refractivity contribution in [1.29, 1.82) is 5.26 Å². The van der Waals surface area contributed by atoms with Crippen LogP contribution < -0.4 is 0 Å². The van der Waals surface area contributed by atoms with Gasteiger partial charge in [-0.3, -0.25) is 4.79 Å². The Labute approximate surface area is 157 Å². The molecule has 1 heterocycles. The summed E-state index contributed by atoms with van der Waals surface area (Å²) in [4.78, 5) is 13.6. The summed E-state index contributed by atoms with van der Waals surface area (Å²) in [6, 6.07) is 16.4. The van der Waals surface area contributed by atoms with Crippen molar-refractivity contribution in [1.82, 2.24) is 9.47 Å². The fourth-order valence-corrected chi connectivity index (χ4v) is 3.17. The summed E-state index contributed by atoms with van der Waals surface area (Å²) in [7, 11) is 3.23. The summed E-state index contributed by atoms with van der Waals surface area (Å²) >= 11 is 0. The highest BCUT2D eigenvalue weighted by atomic mass is 19.1. The van der Waals surface area contributed by atoms with Crippen molar-refractivity contribution < 1.29 is 9.18 Å². The summed E-state index contributed by atoms with van der Waals surface area (Å²) < 4.78 is 16.2. The van der Waals surface area contributed by atoms with Crippen molar-refractivity contribution in [3.63, 3.8) is 0 Å². The second-order valence-electron chi connectivity index (χ2n) is 6.56. The van der Waals surface area contributed by atoms with E-state index >= 15 is 0 Å². The van der Waals surface area contributed by atoms with Gasteiger partial charge in [0.2, 0.25) is 0 Å². The molecule has 1 amide bonds. The van der Waals surface area contributed by atoms with E-state index in [9.17, 15) is 14.4 Å². The normalized spacial score (nSPS) is 11.4. The van der Waals surface area contributed by atoms with E-state index in [0.717, 1.165) is 22.2 Å². The number of hydrogen-bond donors (Lipinski definition) is 0. The third-order valence-electron chi connectivity index (χ3n) is 4.61. The van der Waals surface area contributed by atoms with Gasteiger partial charge in [-0.25, -0.2) is 4.39 Å². The van der Waals surface area contributed by atoms with Crippen LogP contribution in [0.5, 0.6) is 0 Å². The standard InChI is InChI=1S/C22H20FN3O/c1-15-19(12-17(13-24)22(27)25(2)3)18-9-5-7-11-21(18)26(15)14-16-8-4-6-10-20(16)23/h4-12H,14H2,1-3H3/b17-12-. The lowest BCUT2D eigenvalue weighted by Crippen LogP contribution is -2.22. The second kappa shape index (κ2) is 7.46. The monoisotopic (exact) mass is 361 g/mol. The van der Waals surface area contributed by atoms with Gasteiger partial charge in [0.1, 0.15) is 17.5 Å². The maximum atomic E-state index is 14.2. The highest BCUT2D eigenvalue weighted by Gasteiger charge is 2.17. The Bertz CT molecular complexity index is 1090. The third kappa shape index (κ3) is 3.47. The Kier molecular flexibility index (Phi) is 5.09. The van der Waals surface area contributed by atoms with Crippen LogP contribution in [-0.4, -0.2) is 29.5 Å². The number of halogens is 1. The van der Waals surface area contributed by atoms with Crippen molar-refractivity contribution in [3.05, 3.63) is 76.7 Å². The molecule has 0 fully saturated rings. The number of para-hydroxylation sites is 1. The summed E-state index contributed by atoms with van der Waals surface area (Å²) in [5.41, 5.74) is 3.25. The number of nitriles is 1. The summed E-state index contributed by atoms with van der Waals surface area (Å²) in [6.07, 6.45) is 1.62. The molecule has 0 radical (unpaired) electrons. The molecule has 0 aliphatic carbocycles. The van der Waals surface area contributed by atoms with E-state index in [0.29, 0.717) is 12.1 Å². The van der Waals surface area contributed by atoms with Crippen molar-refractivity contribution in [2.24, 2.45) is 0 Å². The van der Waals surface area contributed by atoms with Crippen LogP contribution in [0.1, 0.15) is 16.8 Å². The number of nitrogens with zero attached hydrogens (tertiary/aromatic N) is 3. The number of benzene rings is 2. The minimum absolute atomic E-state index is 0.0666. The van der Waals surface area contributed by atoms with Gasteiger partial charge < -0.3 is 9.47 Å². The van der Waals surface area contributed by atoms with Crippen molar-refractivity contribution in [2.75, 3.05) is 14.1 Å². The van der Waals surface area contributed by atoms with Gasteiger partial charge in [-0.2, -0.15) is 5.26 Å². The molecule has 4 nitrogen and oxygen atoms in total. The highest BCUT2D eigenvalue weighted by Crippen LogP contribution is 2.29. The first-order chi connectivity index (χ1) is 12.9. The molecule has 0 saturated heterocycles. The molecule has 0 unspecified atom stereocenters. The average Bonchev–Trinajstić information content (AvgIpc) is 2.92. The lowest BCUT2D eigenvalue weighted by molar-refractivity contribution is -0.124. The summed E-state index contributed by atoms with van der Waals surface area (Å²) in [6.45, 7) is 2.29. The van der Waals surface area contributed by atoms with Crippen LogP contribution in [0.25, 0.3) is 17.0 Å². The maximum Gasteiger partial charge on any atom is 0.264 e. The van der Waals surface area contributed by atoms with E-state index in [1.54, 1.807) is 32.3 Å². The average molecular weight is 361 g/mol.